The van der Waals surface area contributed by atoms with Crippen LogP contribution < -0.4 is 10.1 Å². The molecule has 0 saturated carbocycles. The monoisotopic (exact) mass is 509 g/mol. The summed E-state index contributed by atoms with van der Waals surface area (Å²) in [5, 5.41) is 13.3. The first kappa shape index (κ1) is 22.5. The van der Waals surface area contributed by atoms with Crippen molar-refractivity contribution in [3.8, 4) is 5.75 Å². The minimum Gasteiger partial charge on any atom is -0.470 e. The standard InChI is InChI=1S/C21H15Cl4N5O2/c22-14-2-1-13(16(24)9-14)11-29-8-6-20(28-29)26-21(31)18-5-7-30(27-18)12-32-19-4-3-15(23)10-17(19)25/h1-10H,11-12H2,(H,26,28,31). The fourth-order valence-electron chi connectivity index (χ4n) is 2.80. The number of carbonyl (C=O) groups is 1. The summed E-state index contributed by atoms with van der Waals surface area (Å²) in [7, 11) is 0. The Hall–Kier alpha value is -2.71. The molecule has 0 aliphatic heterocycles. The molecule has 0 fully saturated rings. The molecular weight excluding hydrogens is 496 g/mol. The van der Waals surface area contributed by atoms with Crippen LogP contribution in [0.4, 0.5) is 5.82 Å². The molecule has 0 unspecified atom stereocenters. The Bertz CT molecular complexity index is 1270. The number of amides is 1. The Morgan fingerprint density at radius 1 is 0.875 bits per heavy atom. The van der Waals surface area contributed by atoms with E-state index in [4.69, 9.17) is 51.1 Å². The molecule has 0 spiro atoms. The van der Waals surface area contributed by atoms with Crippen LogP contribution in [0.5, 0.6) is 5.75 Å². The van der Waals surface area contributed by atoms with Gasteiger partial charge in [0.1, 0.15) is 5.75 Å². The van der Waals surface area contributed by atoms with E-state index in [0.717, 1.165) is 5.56 Å². The average molecular weight is 511 g/mol. The van der Waals surface area contributed by atoms with Crippen LogP contribution >= 0.6 is 46.4 Å². The molecule has 2 aromatic carbocycles. The van der Waals surface area contributed by atoms with Crippen LogP contribution in [0.25, 0.3) is 0 Å². The van der Waals surface area contributed by atoms with E-state index in [1.807, 2.05) is 6.07 Å². The Kier molecular flexibility index (Phi) is 6.91. The number of benzene rings is 2. The highest BCUT2D eigenvalue weighted by Crippen LogP contribution is 2.27. The highest BCUT2D eigenvalue weighted by atomic mass is 35.5. The van der Waals surface area contributed by atoms with E-state index in [1.54, 1.807) is 59.5 Å². The molecule has 4 aromatic rings. The molecule has 0 saturated heterocycles. The van der Waals surface area contributed by atoms with E-state index < -0.39 is 5.91 Å². The maximum Gasteiger partial charge on any atom is 0.277 e. The molecular formula is C21H15Cl4N5O2. The Morgan fingerprint density at radius 2 is 1.59 bits per heavy atom. The van der Waals surface area contributed by atoms with Gasteiger partial charge >= 0.3 is 0 Å². The van der Waals surface area contributed by atoms with Crippen LogP contribution in [0.3, 0.4) is 0 Å². The molecule has 32 heavy (non-hydrogen) atoms. The Labute approximate surface area is 203 Å². The summed E-state index contributed by atoms with van der Waals surface area (Å²) in [6.07, 6.45) is 3.36. The van der Waals surface area contributed by atoms with Gasteiger partial charge in [-0.25, -0.2) is 4.68 Å². The van der Waals surface area contributed by atoms with Gasteiger partial charge < -0.3 is 10.1 Å². The molecule has 2 aromatic heterocycles. The summed E-state index contributed by atoms with van der Waals surface area (Å²) >= 11 is 24.1. The van der Waals surface area contributed by atoms with Gasteiger partial charge in [0.25, 0.3) is 5.91 Å². The highest BCUT2D eigenvalue weighted by molar-refractivity contribution is 6.35. The van der Waals surface area contributed by atoms with Crippen molar-refractivity contribution in [2.45, 2.75) is 13.3 Å². The normalized spacial score (nSPS) is 10.9. The number of halogens is 4. The lowest BCUT2D eigenvalue weighted by Gasteiger charge is -2.08. The number of nitrogens with one attached hydrogen (secondary N) is 1. The van der Waals surface area contributed by atoms with Crippen LogP contribution in [0.2, 0.25) is 20.1 Å². The summed E-state index contributed by atoms with van der Waals surface area (Å²) < 4.78 is 8.74. The second-order valence-electron chi connectivity index (χ2n) is 6.68. The van der Waals surface area contributed by atoms with Gasteiger partial charge in [-0.15, -0.1) is 0 Å². The Morgan fingerprint density at radius 3 is 2.34 bits per heavy atom. The molecule has 0 aliphatic rings. The van der Waals surface area contributed by atoms with Gasteiger partial charge in [-0.05, 0) is 42.0 Å². The van der Waals surface area contributed by atoms with Crippen molar-refractivity contribution in [1.29, 1.82) is 0 Å². The molecule has 2 heterocycles. The van der Waals surface area contributed by atoms with Crippen LogP contribution in [0.15, 0.2) is 60.9 Å². The van der Waals surface area contributed by atoms with Crippen molar-refractivity contribution in [2.24, 2.45) is 0 Å². The highest BCUT2D eigenvalue weighted by Gasteiger charge is 2.13. The van der Waals surface area contributed by atoms with Gasteiger partial charge in [0, 0.05) is 33.5 Å². The van der Waals surface area contributed by atoms with Gasteiger partial charge in [-0.2, -0.15) is 10.2 Å². The van der Waals surface area contributed by atoms with Crippen LogP contribution in [-0.2, 0) is 13.3 Å². The van der Waals surface area contributed by atoms with E-state index >= 15 is 0 Å². The fourth-order valence-corrected chi connectivity index (χ4v) is 3.74. The smallest absolute Gasteiger partial charge is 0.277 e. The summed E-state index contributed by atoms with van der Waals surface area (Å²) in [5.41, 5.74) is 1.07. The number of anilines is 1. The number of aromatic nitrogens is 4. The number of nitrogens with zero attached hydrogens (tertiary/aromatic N) is 4. The molecule has 7 nitrogen and oxygen atoms in total. The van der Waals surface area contributed by atoms with Gasteiger partial charge in [-0.3, -0.25) is 9.48 Å². The van der Waals surface area contributed by atoms with Crippen molar-refractivity contribution in [1.82, 2.24) is 19.6 Å². The minimum absolute atomic E-state index is 0.0745. The van der Waals surface area contributed by atoms with Crippen LogP contribution in [0, 0.1) is 0 Å². The maximum absolute atomic E-state index is 12.5. The lowest BCUT2D eigenvalue weighted by Crippen LogP contribution is -2.15. The molecule has 164 valence electrons. The molecule has 0 bridgehead atoms. The lowest BCUT2D eigenvalue weighted by atomic mass is 10.2. The number of hydrogen-bond acceptors (Lipinski definition) is 4. The second-order valence-corrected chi connectivity index (χ2v) is 8.36. The van der Waals surface area contributed by atoms with Crippen molar-refractivity contribution in [3.63, 3.8) is 0 Å². The predicted octanol–water partition coefficient (Wildman–Crippen LogP) is 6.03. The zero-order valence-corrected chi connectivity index (χ0v) is 19.3. The van der Waals surface area contributed by atoms with Gasteiger partial charge in [0.05, 0.1) is 11.6 Å². The number of ether oxygens (including phenoxy) is 1. The zero-order chi connectivity index (χ0) is 22.7. The van der Waals surface area contributed by atoms with Crippen molar-refractivity contribution >= 4 is 58.1 Å². The van der Waals surface area contributed by atoms with E-state index in [1.165, 1.54) is 4.68 Å². The first-order chi connectivity index (χ1) is 15.4. The van der Waals surface area contributed by atoms with Gasteiger partial charge in [-0.1, -0.05) is 52.5 Å². The third kappa shape index (κ3) is 5.55. The lowest BCUT2D eigenvalue weighted by molar-refractivity contribution is 0.101. The van der Waals surface area contributed by atoms with Crippen LogP contribution in [0.1, 0.15) is 16.1 Å². The number of rotatable bonds is 7. The third-order valence-electron chi connectivity index (χ3n) is 4.35. The molecule has 0 radical (unpaired) electrons. The number of hydrogen-bond donors (Lipinski definition) is 1. The van der Waals surface area contributed by atoms with E-state index in [2.05, 4.69) is 15.5 Å². The number of carbonyl (C=O) groups excluding carboxylic acids is 1. The first-order valence-electron chi connectivity index (χ1n) is 9.27. The minimum atomic E-state index is -0.400. The maximum atomic E-state index is 12.5. The van der Waals surface area contributed by atoms with Crippen molar-refractivity contribution < 1.29 is 9.53 Å². The summed E-state index contributed by atoms with van der Waals surface area (Å²) in [5.74, 6) is 0.450. The van der Waals surface area contributed by atoms with E-state index in [9.17, 15) is 4.79 Å². The van der Waals surface area contributed by atoms with Crippen LogP contribution in [-0.4, -0.2) is 25.5 Å². The second kappa shape index (κ2) is 9.83. The van der Waals surface area contributed by atoms with Crippen molar-refractivity contribution in [2.75, 3.05) is 5.32 Å². The first-order valence-corrected chi connectivity index (χ1v) is 10.8. The summed E-state index contributed by atoms with van der Waals surface area (Å²) in [6, 6.07) is 13.4. The summed E-state index contributed by atoms with van der Waals surface area (Å²) in [6.45, 7) is 0.510. The molecule has 1 N–H and O–H groups in total. The van der Waals surface area contributed by atoms with Gasteiger partial charge in [0.15, 0.2) is 18.2 Å². The quantitative estimate of drug-likeness (QED) is 0.329. The largest absolute Gasteiger partial charge is 0.470 e. The molecule has 0 aliphatic carbocycles. The van der Waals surface area contributed by atoms with Gasteiger partial charge in [0.2, 0.25) is 0 Å². The zero-order valence-electron chi connectivity index (χ0n) is 16.3. The molecule has 4 rings (SSSR count). The third-order valence-corrected chi connectivity index (χ3v) is 5.47. The average Bonchev–Trinajstić information content (AvgIpc) is 3.39. The SMILES string of the molecule is O=C(Nc1ccn(Cc2ccc(Cl)cc2Cl)n1)c1ccn(COc2ccc(Cl)cc2Cl)n1. The fraction of sp³-hybridized carbons (Fsp3) is 0.0952. The van der Waals surface area contributed by atoms with Crippen molar-refractivity contribution in [3.05, 3.63) is 92.3 Å². The van der Waals surface area contributed by atoms with E-state index in [-0.39, 0.29) is 12.4 Å². The van der Waals surface area contributed by atoms with E-state index in [0.29, 0.717) is 38.2 Å². The predicted molar refractivity (Wildman–Crippen MR) is 125 cm³/mol. The summed E-state index contributed by atoms with van der Waals surface area (Å²) in [4.78, 5) is 12.5. The Balaban J connectivity index is 1.35. The molecule has 1 amide bonds. The molecule has 0 atom stereocenters. The topological polar surface area (TPSA) is 74.0 Å². The molecule has 11 heteroatoms.